The summed E-state index contributed by atoms with van der Waals surface area (Å²) in [6.45, 7) is 4.20. The van der Waals surface area contributed by atoms with Crippen LogP contribution in [0.3, 0.4) is 0 Å². The first-order valence-electron chi connectivity index (χ1n) is 4.60. The van der Waals surface area contributed by atoms with Gasteiger partial charge in [-0.3, -0.25) is 4.79 Å². The summed E-state index contributed by atoms with van der Waals surface area (Å²) in [7, 11) is 0. The lowest BCUT2D eigenvalue weighted by molar-refractivity contribution is -0.120. The molecule has 0 radical (unpaired) electrons. The SMILES string of the molecule is CC(C)NC1(CC(N)=O)CCC1. The molecular formula is C9H18N2O. The van der Waals surface area contributed by atoms with Crippen molar-refractivity contribution in [3.63, 3.8) is 0 Å². The van der Waals surface area contributed by atoms with Gasteiger partial charge in [-0.25, -0.2) is 0 Å². The monoisotopic (exact) mass is 170 g/mol. The minimum absolute atomic E-state index is 0.0417. The number of carbonyl (C=O) groups excluding carboxylic acids is 1. The first-order chi connectivity index (χ1) is 5.54. The highest BCUT2D eigenvalue weighted by Crippen LogP contribution is 2.34. The van der Waals surface area contributed by atoms with Crippen LogP contribution in [0.1, 0.15) is 39.5 Å². The predicted octanol–water partition coefficient (Wildman–Crippen LogP) is 0.782. The fraction of sp³-hybridized carbons (Fsp3) is 0.889. The van der Waals surface area contributed by atoms with E-state index in [2.05, 4.69) is 19.2 Å². The fourth-order valence-electron chi connectivity index (χ4n) is 1.92. The number of hydrogen-bond acceptors (Lipinski definition) is 2. The molecule has 0 aromatic rings. The second-order valence-electron chi connectivity index (χ2n) is 4.08. The second kappa shape index (κ2) is 3.44. The Morgan fingerprint density at radius 3 is 2.42 bits per heavy atom. The molecule has 1 saturated carbocycles. The number of carbonyl (C=O) groups is 1. The molecule has 1 amide bonds. The van der Waals surface area contributed by atoms with E-state index < -0.39 is 0 Å². The summed E-state index contributed by atoms with van der Waals surface area (Å²) in [5, 5.41) is 3.42. The Hall–Kier alpha value is -0.570. The number of primary amides is 1. The maximum absolute atomic E-state index is 10.8. The summed E-state index contributed by atoms with van der Waals surface area (Å²) in [5.74, 6) is -0.192. The van der Waals surface area contributed by atoms with Gasteiger partial charge in [-0.1, -0.05) is 13.8 Å². The zero-order valence-corrected chi connectivity index (χ0v) is 7.89. The lowest BCUT2D eigenvalue weighted by Crippen LogP contribution is -2.55. The van der Waals surface area contributed by atoms with Gasteiger partial charge in [-0.05, 0) is 19.3 Å². The molecule has 1 aliphatic rings. The summed E-state index contributed by atoms with van der Waals surface area (Å²) in [5.41, 5.74) is 5.23. The van der Waals surface area contributed by atoms with Crippen LogP contribution in [0.15, 0.2) is 0 Å². The van der Waals surface area contributed by atoms with Crippen molar-refractivity contribution in [2.45, 2.75) is 51.1 Å². The molecule has 3 N–H and O–H groups in total. The van der Waals surface area contributed by atoms with E-state index in [0.717, 1.165) is 12.8 Å². The summed E-state index contributed by atoms with van der Waals surface area (Å²) in [4.78, 5) is 10.8. The number of nitrogens with two attached hydrogens (primary N) is 1. The van der Waals surface area contributed by atoms with Crippen molar-refractivity contribution in [1.29, 1.82) is 0 Å². The van der Waals surface area contributed by atoms with Crippen LogP contribution in [0.4, 0.5) is 0 Å². The molecule has 0 aliphatic heterocycles. The second-order valence-corrected chi connectivity index (χ2v) is 4.08. The number of amides is 1. The van der Waals surface area contributed by atoms with Crippen LogP contribution in [0.5, 0.6) is 0 Å². The lowest BCUT2D eigenvalue weighted by atomic mass is 9.74. The average molecular weight is 170 g/mol. The van der Waals surface area contributed by atoms with E-state index in [1.807, 2.05) is 0 Å². The largest absolute Gasteiger partial charge is 0.370 e. The van der Waals surface area contributed by atoms with Crippen LogP contribution < -0.4 is 11.1 Å². The van der Waals surface area contributed by atoms with Crippen LogP contribution in [0, 0.1) is 0 Å². The molecule has 1 fully saturated rings. The van der Waals surface area contributed by atoms with Crippen LogP contribution >= 0.6 is 0 Å². The van der Waals surface area contributed by atoms with Crippen molar-refractivity contribution < 1.29 is 4.79 Å². The average Bonchev–Trinajstić information content (AvgIpc) is 1.80. The molecule has 12 heavy (non-hydrogen) atoms. The van der Waals surface area contributed by atoms with Crippen LogP contribution in [0.2, 0.25) is 0 Å². The molecule has 1 aliphatic carbocycles. The van der Waals surface area contributed by atoms with Crippen LogP contribution in [-0.4, -0.2) is 17.5 Å². The maximum Gasteiger partial charge on any atom is 0.219 e. The molecule has 0 atom stereocenters. The van der Waals surface area contributed by atoms with Gasteiger partial charge in [0.25, 0.3) is 0 Å². The molecule has 3 nitrogen and oxygen atoms in total. The lowest BCUT2D eigenvalue weighted by Gasteiger charge is -2.43. The van der Waals surface area contributed by atoms with Crippen LogP contribution in [-0.2, 0) is 4.79 Å². The Labute approximate surface area is 73.7 Å². The van der Waals surface area contributed by atoms with Gasteiger partial charge in [0.1, 0.15) is 0 Å². The minimum Gasteiger partial charge on any atom is -0.370 e. The van der Waals surface area contributed by atoms with Gasteiger partial charge in [-0.15, -0.1) is 0 Å². The van der Waals surface area contributed by atoms with Crippen molar-refractivity contribution in [2.24, 2.45) is 5.73 Å². The Morgan fingerprint density at radius 1 is 1.58 bits per heavy atom. The molecule has 3 heteroatoms. The molecule has 0 aromatic heterocycles. The van der Waals surface area contributed by atoms with Gasteiger partial charge in [0.15, 0.2) is 0 Å². The molecule has 0 heterocycles. The standard InChI is InChI=1S/C9H18N2O/c1-7(2)11-9(4-3-5-9)6-8(10)12/h7,11H,3-6H2,1-2H3,(H2,10,12). The molecular weight excluding hydrogens is 152 g/mol. The third-order valence-electron chi connectivity index (χ3n) is 2.42. The van der Waals surface area contributed by atoms with Gasteiger partial charge in [0.2, 0.25) is 5.91 Å². The Balaban J connectivity index is 2.45. The van der Waals surface area contributed by atoms with Crippen molar-refractivity contribution in [1.82, 2.24) is 5.32 Å². The first kappa shape index (κ1) is 9.52. The summed E-state index contributed by atoms with van der Waals surface area (Å²) in [6.07, 6.45) is 3.89. The zero-order valence-electron chi connectivity index (χ0n) is 7.89. The molecule has 70 valence electrons. The third kappa shape index (κ3) is 2.21. The summed E-state index contributed by atoms with van der Waals surface area (Å²) in [6, 6.07) is 0.435. The quantitative estimate of drug-likeness (QED) is 0.655. The maximum atomic E-state index is 10.8. The Morgan fingerprint density at radius 2 is 2.17 bits per heavy atom. The van der Waals surface area contributed by atoms with E-state index in [4.69, 9.17) is 5.73 Å². The third-order valence-corrected chi connectivity index (χ3v) is 2.42. The van der Waals surface area contributed by atoms with Crippen LogP contribution in [0.25, 0.3) is 0 Å². The highest BCUT2D eigenvalue weighted by atomic mass is 16.1. The van der Waals surface area contributed by atoms with Crippen molar-refractivity contribution in [3.8, 4) is 0 Å². The minimum atomic E-state index is -0.192. The van der Waals surface area contributed by atoms with Crippen molar-refractivity contribution in [2.75, 3.05) is 0 Å². The van der Waals surface area contributed by atoms with Gasteiger partial charge < -0.3 is 11.1 Å². The van der Waals surface area contributed by atoms with Gasteiger partial charge in [-0.2, -0.15) is 0 Å². The Bertz CT molecular complexity index is 173. The van der Waals surface area contributed by atoms with Crippen molar-refractivity contribution in [3.05, 3.63) is 0 Å². The first-order valence-corrected chi connectivity index (χ1v) is 4.60. The van der Waals surface area contributed by atoms with E-state index in [0.29, 0.717) is 12.5 Å². The molecule has 0 saturated heterocycles. The molecule has 1 rings (SSSR count). The van der Waals surface area contributed by atoms with Gasteiger partial charge >= 0.3 is 0 Å². The smallest absolute Gasteiger partial charge is 0.219 e. The number of rotatable bonds is 4. The van der Waals surface area contributed by atoms with Gasteiger partial charge in [0, 0.05) is 18.0 Å². The predicted molar refractivity (Wildman–Crippen MR) is 48.7 cm³/mol. The fourth-order valence-corrected chi connectivity index (χ4v) is 1.92. The molecule has 0 unspecified atom stereocenters. The van der Waals surface area contributed by atoms with Crippen molar-refractivity contribution >= 4 is 5.91 Å². The zero-order chi connectivity index (χ0) is 9.19. The highest BCUT2D eigenvalue weighted by Gasteiger charge is 2.38. The summed E-state index contributed by atoms with van der Waals surface area (Å²) < 4.78 is 0. The number of hydrogen-bond donors (Lipinski definition) is 2. The number of nitrogens with one attached hydrogen (secondary N) is 1. The molecule has 0 aromatic carbocycles. The highest BCUT2D eigenvalue weighted by molar-refractivity contribution is 5.75. The Kier molecular flexibility index (Phi) is 2.73. The van der Waals surface area contributed by atoms with E-state index >= 15 is 0 Å². The summed E-state index contributed by atoms with van der Waals surface area (Å²) >= 11 is 0. The molecule has 0 bridgehead atoms. The van der Waals surface area contributed by atoms with E-state index in [-0.39, 0.29) is 11.4 Å². The van der Waals surface area contributed by atoms with E-state index in [1.165, 1.54) is 6.42 Å². The van der Waals surface area contributed by atoms with E-state index in [1.54, 1.807) is 0 Å². The topological polar surface area (TPSA) is 55.1 Å². The normalized spacial score (nSPS) is 20.6. The van der Waals surface area contributed by atoms with E-state index in [9.17, 15) is 4.79 Å². The van der Waals surface area contributed by atoms with Gasteiger partial charge in [0.05, 0.1) is 0 Å². The molecule has 0 spiro atoms.